The van der Waals surface area contributed by atoms with E-state index >= 15 is 0 Å². The van der Waals surface area contributed by atoms with Gasteiger partial charge >= 0.3 is 0 Å². The van der Waals surface area contributed by atoms with E-state index in [9.17, 15) is 5.11 Å². The second kappa shape index (κ2) is 9.04. The molecule has 0 spiro atoms. The van der Waals surface area contributed by atoms with Crippen molar-refractivity contribution in [1.82, 2.24) is 19.5 Å². The highest BCUT2D eigenvalue weighted by Crippen LogP contribution is 2.37. The number of nitrogen functional groups attached to an aromatic ring is 1. The highest BCUT2D eigenvalue weighted by Gasteiger charge is 2.44. The zero-order valence-corrected chi connectivity index (χ0v) is 15.1. The van der Waals surface area contributed by atoms with E-state index in [1.165, 1.54) is 6.33 Å². The second-order valence-electron chi connectivity index (χ2n) is 5.52. The van der Waals surface area contributed by atoms with Crippen molar-refractivity contribution in [2.45, 2.75) is 39.2 Å². The summed E-state index contributed by atoms with van der Waals surface area (Å²) < 4.78 is 18.7. The Morgan fingerprint density at radius 3 is 2.72 bits per heavy atom. The Balaban J connectivity index is 0.00000109. The molecule has 9 nitrogen and oxygen atoms in total. The summed E-state index contributed by atoms with van der Waals surface area (Å²) in [7, 11) is 1.62. The molecule has 3 N–H and O–H groups in total. The Labute approximate surface area is 147 Å². The molecule has 0 aromatic carbocycles. The molecule has 1 fully saturated rings. The van der Waals surface area contributed by atoms with Gasteiger partial charge in [-0.15, -0.1) is 0 Å². The third-order valence-corrected chi connectivity index (χ3v) is 4.14. The van der Waals surface area contributed by atoms with E-state index in [1.54, 1.807) is 18.0 Å². The number of hydrogen-bond donors (Lipinski definition) is 2. The van der Waals surface area contributed by atoms with Crippen LogP contribution in [0.15, 0.2) is 12.7 Å². The molecule has 0 aliphatic carbocycles. The van der Waals surface area contributed by atoms with Gasteiger partial charge in [-0.05, 0) is 0 Å². The van der Waals surface area contributed by atoms with Gasteiger partial charge in [0.15, 0.2) is 17.7 Å². The van der Waals surface area contributed by atoms with Gasteiger partial charge in [0.25, 0.3) is 0 Å². The molecule has 0 saturated carbocycles. The van der Waals surface area contributed by atoms with Crippen LogP contribution in [0.1, 0.15) is 27.0 Å². The van der Waals surface area contributed by atoms with Crippen molar-refractivity contribution < 1.29 is 19.3 Å². The van der Waals surface area contributed by atoms with Crippen LogP contribution >= 0.6 is 0 Å². The van der Waals surface area contributed by atoms with Crippen molar-refractivity contribution in [3.8, 4) is 0 Å². The van der Waals surface area contributed by atoms with Crippen molar-refractivity contribution in [1.29, 1.82) is 0 Å². The van der Waals surface area contributed by atoms with E-state index in [-0.39, 0.29) is 24.7 Å². The fraction of sp³-hybridized carbons (Fsp3) is 0.688. The van der Waals surface area contributed by atoms with Gasteiger partial charge in [-0.25, -0.2) is 15.0 Å². The fourth-order valence-corrected chi connectivity index (χ4v) is 2.84. The highest BCUT2D eigenvalue weighted by atomic mass is 16.6. The monoisotopic (exact) mass is 353 g/mol. The van der Waals surface area contributed by atoms with Gasteiger partial charge in [-0.2, -0.15) is 0 Å². The SMILES string of the molecule is CC.COCCOC1C(C)C(CO)OC1n1cnc2c(N)ncnc21. The van der Waals surface area contributed by atoms with E-state index in [1.807, 2.05) is 20.8 Å². The van der Waals surface area contributed by atoms with Crippen LogP contribution in [-0.2, 0) is 14.2 Å². The highest BCUT2D eigenvalue weighted by molar-refractivity contribution is 5.81. The number of ether oxygens (including phenoxy) is 3. The van der Waals surface area contributed by atoms with Gasteiger partial charge in [0, 0.05) is 13.0 Å². The maximum atomic E-state index is 9.52. The zero-order valence-electron chi connectivity index (χ0n) is 15.1. The maximum absolute atomic E-state index is 9.52. The standard InChI is InChI=1S/C14H21N5O4.C2H6/c1-8-9(5-20)23-14(11(8)22-4-3-21-2)19-7-18-10-12(15)16-6-17-13(10)19;1-2/h6-9,11,14,20H,3-5H2,1-2H3,(H2,15,16,17);1-2H3. The average Bonchev–Trinajstić information content (AvgIpc) is 3.19. The van der Waals surface area contributed by atoms with Crippen LogP contribution < -0.4 is 5.73 Å². The predicted molar refractivity (Wildman–Crippen MR) is 92.9 cm³/mol. The Morgan fingerprint density at radius 1 is 1.28 bits per heavy atom. The third-order valence-electron chi connectivity index (χ3n) is 4.14. The first-order chi connectivity index (χ1) is 12.2. The number of fused-ring (bicyclic) bond motifs is 1. The van der Waals surface area contributed by atoms with Crippen LogP contribution in [-0.4, -0.2) is 63.8 Å². The van der Waals surface area contributed by atoms with Crippen molar-refractivity contribution in [3.63, 3.8) is 0 Å². The number of aromatic nitrogens is 4. The fourth-order valence-electron chi connectivity index (χ4n) is 2.84. The first-order valence-corrected chi connectivity index (χ1v) is 8.47. The lowest BCUT2D eigenvalue weighted by atomic mass is 10.0. The normalized spacial score (nSPS) is 25.8. The van der Waals surface area contributed by atoms with Crippen LogP contribution in [0.4, 0.5) is 5.82 Å². The minimum Gasteiger partial charge on any atom is -0.394 e. The summed E-state index contributed by atoms with van der Waals surface area (Å²) in [6.07, 6.45) is 1.98. The number of rotatable bonds is 6. The molecule has 2 aromatic heterocycles. The smallest absolute Gasteiger partial charge is 0.167 e. The molecular weight excluding hydrogens is 326 g/mol. The Morgan fingerprint density at radius 2 is 2.04 bits per heavy atom. The number of nitrogens with two attached hydrogens (primary N) is 1. The predicted octanol–water partition coefficient (Wildman–Crippen LogP) is 0.992. The van der Waals surface area contributed by atoms with E-state index in [4.69, 9.17) is 19.9 Å². The number of aliphatic hydroxyl groups is 1. The Bertz CT molecular complexity index is 665. The molecule has 0 radical (unpaired) electrons. The first kappa shape index (κ1) is 19.5. The Kier molecular flexibility index (Phi) is 7.06. The molecule has 1 saturated heterocycles. The maximum Gasteiger partial charge on any atom is 0.167 e. The van der Waals surface area contributed by atoms with Crippen LogP contribution in [0.3, 0.4) is 0 Å². The lowest BCUT2D eigenvalue weighted by molar-refractivity contribution is -0.0757. The topological polar surface area (TPSA) is 118 Å². The molecule has 4 unspecified atom stereocenters. The molecule has 0 bridgehead atoms. The summed E-state index contributed by atoms with van der Waals surface area (Å²) in [6, 6.07) is 0. The summed E-state index contributed by atoms with van der Waals surface area (Å²) in [5.41, 5.74) is 6.92. The lowest BCUT2D eigenvalue weighted by Gasteiger charge is -2.22. The molecule has 1 aliphatic rings. The van der Waals surface area contributed by atoms with Crippen LogP contribution in [0, 0.1) is 5.92 Å². The van der Waals surface area contributed by atoms with Gasteiger partial charge in [-0.3, -0.25) is 4.57 Å². The molecular formula is C16H27N5O4. The molecule has 140 valence electrons. The third kappa shape index (κ3) is 3.90. The zero-order chi connectivity index (χ0) is 18.4. The van der Waals surface area contributed by atoms with Crippen molar-refractivity contribution >= 4 is 17.0 Å². The van der Waals surface area contributed by atoms with E-state index < -0.39 is 6.23 Å². The molecule has 1 aliphatic heterocycles. The summed E-state index contributed by atoms with van der Waals surface area (Å²) >= 11 is 0. The summed E-state index contributed by atoms with van der Waals surface area (Å²) in [5, 5.41) is 9.52. The van der Waals surface area contributed by atoms with Gasteiger partial charge < -0.3 is 25.1 Å². The number of nitrogens with zero attached hydrogens (tertiary/aromatic N) is 4. The second-order valence-corrected chi connectivity index (χ2v) is 5.52. The molecule has 3 rings (SSSR count). The molecule has 9 heteroatoms. The van der Waals surface area contributed by atoms with E-state index in [2.05, 4.69) is 15.0 Å². The van der Waals surface area contributed by atoms with Gasteiger partial charge in [0.2, 0.25) is 0 Å². The van der Waals surface area contributed by atoms with Crippen LogP contribution in [0.25, 0.3) is 11.2 Å². The minimum absolute atomic E-state index is 0.0125. The molecule has 2 aromatic rings. The number of methoxy groups -OCH3 is 1. The summed E-state index contributed by atoms with van der Waals surface area (Å²) in [4.78, 5) is 12.4. The van der Waals surface area contributed by atoms with Crippen molar-refractivity contribution in [2.75, 3.05) is 32.7 Å². The largest absolute Gasteiger partial charge is 0.394 e. The summed E-state index contributed by atoms with van der Waals surface area (Å²) in [5.74, 6) is 0.328. The molecule has 3 heterocycles. The quantitative estimate of drug-likeness (QED) is 0.738. The number of imidazole rings is 1. The van der Waals surface area contributed by atoms with Gasteiger partial charge in [-0.1, -0.05) is 20.8 Å². The Hall–Kier alpha value is -1.81. The molecule has 0 amide bonds. The number of anilines is 1. The summed E-state index contributed by atoms with van der Waals surface area (Å²) in [6.45, 7) is 6.83. The van der Waals surface area contributed by atoms with E-state index in [0.29, 0.717) is 30.2 Å². The van der Waals surface area contributed by atoms with Crippen LogP contribution in [0.5, 0.6) is 0 Å². The van der Waals surface area contributed by atoms with Crippen molar-refractivity contribution in [3.05, 3.63) is 12.7 Å². The van der Waals surface area contributed by atoms with Crippen molar-refractivity contribution in [2.24, 2.45) is 5.92 Å². The number of aliphatic hydroxyl groups excluding tert-OH is 1. The number of hydrogen-bond acceptors (Lipinski definition) is 8. The minimum atomic E-state index is -0.446. The van der Waals surface area contributed by atoms with E-state index in [0.717, 1.165) is 0 Å². The van der Waals surface area contributed by atoms with Gasteiger partial charge in [0.1, 0.15) is 17.9 Å². The first-order valence-electron chi connectivity index (χ1n) is 8.47. The lowest BCUT2D eigenvalue weighted by Crippen LogP contribution is -2.29. The average molecular weight is 353 g/mol. The molecule has 25 heavy (non-hydrogen) atoms. The van der Waals surface area contributed by atoms with Crippen LogP contribution in [0.2, 0.25) is 0 Å². The molecule has 4 atom stereocenters. The van der Waals surface area contributed by atoms with Gasteiger partial charge in [0.05, 0.1) is 32.3 Å².